The number of nitrogens with zero attached hydrogens (tertiary/aromatic N) is 1. The zero-order valence-electron chi connectivity index (χ0n) is 11.6. The molecule has 0 aliphatic heterocycles. The van der Waals surface area contributed by atoms with Gasteiger partial charge < -0.3 is 10.4 Å². The van der Waals surface area contributed by atoms with E-state index in [1.807, 2.05) is 6.20 Å². The number of hydrogen-bond acceptors (Lipinski definition) is 4. The first-order valence-corrected chi connectivity index (χ1v) is 7.69. The van der Waals surface area contributed by atoms with E-state index in [2.05, 4.69) is 10.3 Å². The third-order valence-electron chi connectivity index (χ3n) is 3.83. The Morgan fingerprint density at radius 3 is 2.89 bits per heavy atom. The number of carboxylic acids is 1. The Kier molecular flexibility index (Phi) is 4.58. The third kappa shape index (κ3) is 3.76. The maximum Gasteiger partial charge on any atom is 0.309 e. The van der Waals surface area contributed by atoms with Gasteiger partial charge in [-0.3, -0.25) is 4.79 Å². The fourth-order valence-electron chi connectivity index (χ4n) is 1.97. The van der Waals surface area contributed by atoms with E-state index < -0.39 is 11.4 Å². The lowest BCUT2D eigenvalue weighted by Crippen LogP contribution is -2.28. The van der Waals surface area contributed by atoms with E-state index in [-0.39, 0.29) is 0 Å². The van der Waals surface area contributed by atoms with Crippen LogP contribution in [0, 0.1) is 5.41 Å². The Morgan fingerprint density at radius 1 is 1.58 bits per heavy atom. The second-order valence-electron chi connectivity index (χ2n) is 5.91. The second-order valence-corrected chi connectivity index (χ2v) is 7.06. The van der Waals surface area contributed by atoms with Crippen molar-refractivity contribution in [1.29, 1.82) is 0 Å². The molecule has 0 aromatic carbocycles. The molecule has 0 saturated heterocycles. The average molecular weight is 282 g/mol. The molecule has 1 aromatic heterocycles. The molecule has 4 nitrogen and oxygen atoms in total. The largest absolute Gasteiger partial charge is 0.481 e. The molecule has 1 heterocycles. The highest BCUT2D eigenvalue weighted by molar-refractivity contribution is 7.11. The SMILES string of the molecule is CC(C)(CCNCc1cnc(C2CCC2)s1)C(=O)O. The Hall–Kier alpha value is -0.940. The number of rotatable bonds is 7. The molecule has 0 bridgehead atoms. The van der Waals surface area contributed by atoms with Crippen LogP contribution in [0.25, 0.3) is 0 Å². The van der Waals surface area contributed by atoms with Gasteiger partial charge in [0.1, 0.15) is 0 Å². The number of aromatic nitrogens is 1. The first kappa shape index (κ1) is 14.5. The zero-order valence-corrected chi connectivity index (χ0v) is 12.4. The number of nitrogens with one attached hydrogen (secondary N) is 1. The summed E-state index contributed by atoms with van der Waals surface area (Å²) in [7, 11) is 0. The molecule has 1 aromatic rings. The standard InChI is InChI=1S/C14H22N2O2S/c1-14(2,13(17)18)6-7-15-8-11-9-16-12(19-11)10-4-3-5-10/h9-10,15H,3-8H2,1-2H3,(H,17,18). The van der Waals surface area contributed by atoms with Gasteiger partial charge in [-0.1, -0.05) is 6.42 Å². The molecule has 106 valence electrons. The minimum atomic E-state index is -0.737. The minimum absolute atomic E-state index is 0.636. The summed E-state index contributed by atoms with van der Waals surface area (Å²) in [6.07, 6.45) is 6.49. The summed E-state index contributed by atoms with van der Waals surface area (Å²) in [4.78, 5) is 16.7. The van der Waals surface area contributed by atoms with Gasteiger partial charge in [0.05, 0.1) is 10.4 Å². The maximum absolute atomic E-state index is 11.0. The monoisotopic (exact) mass is 282 g/mol. The van der Waals surface area contributed by atoms with Crippen LogP contribution in [0.15, 0.2) is 6.20 Å². The van der Waals surface area contributed by atoms with Crippen molar-refractivity contribution in [3.63, 3.8) is 0 Å². The van der Waals surface area contributed by atoms with Gasteiger partial charge in [0.2, 0.25) is 0 Å². The van der Waals surface area contributed by atoms with Crippen LogP contribution in [0.3, 0.4) is 0 Å². The van der Waals surface area contributed by atoms with Crippen LogP contribution in [-0.4, -0.2) is 22.6 Å². The van der Waals surface area contributed by atoms with Gasteiger partial charge in [-0.15, -0.1) is 11.3 Å². The molecule has 0 unspecified atom stereocenters. The van der Waals surface area contributed by atoms with Gasteiger partial charge in [-0.25, -0.2) is 4.98 Å². The summed E-state index contributed by atoms with van der Waals surface area (Å²) in [5.41, 5.74) is -0.655. The normalized spacial score (nSPS) is 16.3. The van der Waals surface area contributed by atoms with Crippen LogP contribution in [0.2, 0.25) is 0 Å². The van der Waals surface area contributed by atoms with Crippen molar-refractivity contribution in [3.05, 3.63) is 16.1 Å². The lowest BCUT2D eigenvalue weighted by Gasteiger charge is -2.22. The van der Waals surface area contributed by atoms with Gasteiger partial charge in [0, 0.05) is 23.5 Å². The van der Waals surface area contributed by atoms with Crippen molar-refractivity contribution in [2.24, 2.45) is 5.41 Å². The summed E-state index contributed by atoms with van der Waals surface area (Å²) in [5, 5.41) is 13.6. The summed E-state index contributed by atoms with van der Waals surface area (Å²) in [6.45, 7) is 5.03. The number of carbonyl (C=O) groups is 1. The van der Waals surface area contributed by atoms with E-state index in [9.17, 15) is 4.79 Å². The summed E-state index contributed by atoms with van der Waals surface area (Å²) in [6, 6.07) is 0. The van der Waals surface area contributed by atoms with Crippen molar-refractivity contribution in [1.82, 2.24) is 10.3 Å². The molecule has 2 N–H and O–H groups in total. The summed E-state index contributed by atoms with van der Waals surface area (Å²) >= 11 is 1.79. The number of hydrogen-bond donors (Lipinski definition) is 2. The molecule has 0 spiro atoms. The average Bonchev–Trinajstić information content (AvgIpc) is 2.70. The molecular weight excluding hydrogens is 260 g/mol. The van der Waals surface area contributed by atoms with E-state index in [4.69, 9.17) is 5.11 Å². The van der Waals surface area contributed by atoms with Crippen LogP contribution < -0.4 is 5.32 Å². The maximum atomic E-state index is 11.0. The van der Waals surface area contributed by atoms with Gasteiger partial charge in [0.25, 0.3) is 0 Å². The van der Waals surface area contributed by atoms with Gasteiger partial charge in [-0.2, -0.15) is 0 Å². The van der Waals surface area contributed by atoms with E-state index in [1.165, 1.54) is 29.1 Å². The van der Waals surface area contributed by atoms with E-state index >= 15 is 0 Å². The van der Waals surface area contributed by atoms with Crippen molar-refractivity contribution in [3.8, 4) is 0 Å². The molecule has 0 amide bonds. The molecule has 19 heavy (non-hydrogen) atoms. The summed E-state index contributed by atoms with van der Waals surface area (Å²) in [5.74, 6) is -0.0379. The Bertz CT molecular complexity index is 438. The molecule has 1 fully saturated rings. The molecule has 0 atom stereocenters. The quantitative estimate of drug-likeness (QED) is 0.755. The Balaban J connectivity index is 1.71. The van der Waals surface area contributed by atoms with E-state index in [1.54, 1.807) is 25.2 Å². The Labute approximate surface area is 118 Å². The van der Waals surface area contributed by atoms with Crippen LogP contribution in [0.5, 0.6) is 0 Å². The van der Waals surface area contributed by atoms with Gasteiger partial charge >= 0.3 is 5.97 Å². The predicted molar refractivity (Wildman–Crippen MR) is 76.4 cm³/mol. The highest BCUT2D eigenvalue weighted by atomic mass is 32.1. The third-order valence-corrected chi connectivity index (χ3v) is 4.99. The predicted octanol–water partition coefficient (Wildman–Crippen LogP) is 3.00. The molecule has 1 aliphatic carbocycles. The second kappa shape index (κ2) is 6.01. The van der Waals surface area contributed by atoms with E-state index in [0.717, 1.165) is 13.1 Å². The van der Waals surface area contributed by atoms with Crippen LogP contribution in [0.4, 0.5) is 0 Å². The van der Waals surface area contributed by atoms with Crippen molar-refractivity contribution < 1.29 is 9.90 Å². The number of carboxylic acid groups (broad SMARTS) is 1. The van der Waals surface area contributed by atoms with Crippen LogP contribution in [0.1, 0.15) is 55.3 Å². The molecular formula is C14H22N2O2S. The Morgan fingerprint density at radius 2 is 2.32 bits per heavy atom. The van der Waals surface area contributed by atoms with Crippen LogP contribution >= 0.6 is 11.3 Å². The number of aliphatic carboxylic acids is 1. The molecule has 2 rings (SSSR count). The summed E-state index contributed by atoms with van der Waals surface area (Å²) < 4.78 is 0. The lowest BCUT2D eigenvalue weighted by atomic mass is 9.86. The molecule has 0 radical (unpaired) electrons. The van der Waals surface area contributed by atoms with E-state index in [0.29, 0.717) is 12.3 Å². The van der Waals surface area contributed by atoms with Crippen molar-refractivity contribution in [2.45, 2.75) is 52.0 Å². The topological polar surface area (TPSA) is 62.2 Å². The van der Waals surface area contributed by atoms with Gasteiger partial charge in [-0.05, 0) is 39.7 Å². The zero-order chi connectivity index (χ0) is 13.9. The minimum Gasteiger partial charge on any atom is -0.481 e. The van der Waals surface area contributed by atoms with Crippen LogP contribution in [-0.2, 0) is 11.3 Å². The smallest absolute Gasteiger partial charge is 0.309 e. The fourth-order valence-corrected chi connectivity index (χ4v) is 3.02. The van der Waals surface area contributed by atoms with Crippen molar-refractivity contribution in [2.75, 3.05) is 6.54 Å². The molecule has 5 heteroatoms. The number of thiazole rings is 1. The fraction of sp³-hybridized carbons (Fsp3) is 0.714. The molecule has 1 saturated carbocycles. The van der Waals surface area contributed by atoms with Gasteiger partial charge in [0.15, 0.2) is 0 Å². The highest BCUT2D eigenvalue weighted by Gasteiger charge is 2.26. The first-order valence-electron chi connectivity index (χ1n) is 6.88. The highest BCUT2D eigenvalue weighted by Crippen LogP contribution is 2.38. The molecule has 1 aliphatic rings. The first-order chi connectivity index (χ1) is 8.99. The van der Waals surface area contributed by atoms with Crippen molar-refractivity contribution >= 4 is 17.3 Å². The lowest BCUT2D eigenvalue weighted by molar-refractivity contribution is -0.147.